The number of aliphatic hydroxyl groups excluding tert-OH is 2. The van der Waals surface area contributed by atoms with Crippen LogP contribution < -0.4 is 0 Å². The van der Waals surface area contributed by atoms with Crippen molar-refractivity contribution in [3.05, 3.63) is 24.0 Å². The highest BCUT2D eigenvalue weighted by Gasteiger charge is 2.58. The first-order valence-corrected chi connectivity index (χ1v) is 4.68. The minimum Gasteiger partial charge on any atom is -0.480 e. The number of hydrogen-bond donors (Lipinski definition) is 3. The smallest absolute Gasteiger partial charge is 0.320 e. The fourth-order valence-corrected chi connectivity index (χ4v) is 2.35. The molecule has 3 N–H and O–H groups in total. The molecule has 0 spiro atoms. The lowest BCUT2D eigenvalue weighted by atomic mass is 9.72. The van der Waals surface area contributed by atoms with Crippen molar-refractivity contribution in [2.75, 3.05) is 6.61 Å². The molecule has 0 radical (unpaired) electrons. The van der Waals surface area contributed by atoms with Gasteiger partial charge in [0, 0.05) is 5.92 Å². The molecule has 15 heavy (non-hydrogen) atoms. The minimum absolute atomic E-state index is 0.317. The van der Waals surface area contributed by atoms with Crippen LogP contribution in [0.15, 0.2) is 24.0 Å². The van der Waals surface area contributed by atoms with E-state index in [9.17, 15) is 15.0 Å². The van der Waals surface area contributed by atoms with Crippen LogP contribution in [0.3, 0.4) is 0 Å². The largest absolute Gasteiger partial charge is 0.480 e. The first-order chi connectivity index (χ1) is 7.14. The molecule has 3 atom stereocenters. The first kappa shape index (κ1) is 10.2. The Morgan fingerprint density at radius 1 is 1.67 bits per heavy atom. The van der Waals surface area contributed by atoms with Crippen LogP contribution in [0.4, 0.5) is 0 Å². The Bertz CT molecular complexity index is 346. The highest BCUT2D eigenvalue weighted by Crippen LogP contribution is 2.49. The zero-order valence-electron chi connectivity index (χ0n) is 7.96. The molecule has 1 unspecified atom stereocenters. The zero-order chi connectivity index (χ0) is 11.1. The molecule has 1 aliphatic heterocycles. The van der Waals surface area contributed by atoms with Crippen LogP contribution in [-0.4, -0.2) is 34.2 Å². The number of carbonyl (C=O) groups is 1. The fraction of sp³-hybridized carbons (Fsp3) is 0.500. The van der Waals surface area contributed by atoms with Gasteiger partial charge in [-0.2, -0.15) is 0 Å². The standard InChI is InChI=1S/C10H12O5/c11-5-7-2-1-6-3-4-15-9(14)10(6,7)8(12)13/h2-4,6,9,11,14H,1,5H2,(H,12,13)/t6-,9?,10+/m0/s1. The van der Waals surface area contributed by atoms with E-state index in [0.717, 1.165) is 0 Å². The summed E-state index contributed by atoms with van der Waals surface area (Å²) in [7, 11) is 0. The van der Waals surface area contributed by atoms with Crippen LogP contribution in [0.2, 0.25) is 0 Å². The van der Waals surface area contributed by atoms with E-state index in [1.54, 1.807) is 12.2 Å². The summed E-state index contributed by atoms with van der Waals surface area (Å²) < 4.78 is 4.83. The van der Waals surface area contributed by atoms with Crippen molar-refractivity contribution in [2.24, 2.45) is 11.3 Å². The van der Waals surface area contributed by atoms with Crippen molar-refractivity contribution >= 4 is 5.97 Å². The van der Waals surface area contributed by atoms with Crippen molar-refractivity contribution in [2.45, 2.75) is 12.7 Å². The Hall–Kier alpha value is -1.33. The first-order valence-electron chi connectivity index (χ1n) is 4.68. The summed E-state index contributed by atoms with van der Waals surface area (Å²) >= 11 is 0. The van der Waals surface area contributed by atoms with Gasteiger partial charge < -0.3 is 20.1 Å². The van der Waals surface area contributed by atoms with E-state index in [2.05, 4.69) is 0 Å². The summed E-state index contributed by atoms with van der Waals surface area (Å²) in [5.41, 5.74) is -1.19. The van der Waals surface area contributed by atoms with Crippen molar-refractivity contribution in [3.8, 4) is 0 Å². The Balaban J connectivity index is 2.51. The van der Waals surface area contributed by atoms with Crippen LogP contribution in [0.5, 0.6) is 0 Å². The lowest BCUT2D eigenvalue weighted by Gasteiger charge is -2.38. The average molecular weight is 212 g/mol. The molecule has 0 saturated carbocycles. The van der Waals surface area contributed by atoms with Gasteiger partial charge in [0.2, 0.25) is 6.29 Å². The molecular weight excluding hydrogens is 200 g/mol. The summed E-state index contributed by atoms with van der Waals surface area (Å²) in [6, 6.07) is 0. The molecule has 0 aromatic rings. The quantitative estimate of drug-likeness (QED) is 0.554. The molecule has 0 amide bonds. The maximum atomic E-state index is 11.3. The Morgan fingerprint density at radius 3 is 3.00 bits per heavy atom. The van der Waals surface area contributed by atoms with Gasteiger partial charge in [0.05, 0.1) is 12.9 Å². The summed E-state index contributed by atoms with van der Waals surface area (Å²) in [6.45, 7) is -0.378. The molecule has 5 nitrogen and oxygen atoms in total. The summed E-state index contributed by atoms with van der Waals surface area (Å²) in [5, 5.41) is 28.1. The lowest BCUT2D eigenvalue weighted by molar-refractivity contribution is -0.186. The van der Waals surface area contributed by atoms with Gasteiger partial charge in [0.15, 0.2) is 5.41 Å². The number of rotatable bonds is 2. The maximum Gasteiger partial charge on any atom is 0.320 e. The van der Waals surface area contributed by atoms with E-state index < -0.39 is 17.7 Å². The predicted octanol–water partition coefficient (Wildman–Crippen LogP) is -0.142. The van der Waals surface area contributed by atoms with Crippen LogP contribution in [0.1, 0.15) is 6.42 Å². The fourth-order valence-electron chi connectivity index (χ4n) is 2.35. The molecule has 1 heterocycles. The third-order valence-electron chi connectivity index (χ3n) is 3.17. The van der Waals surface area contributed by atoms with E-state index in [4.69, 9.17) is 9.84 Å². The number of aliphatic hydroxyl groups is 2. The van der Waals surface area contributed by atoms with Gasteiger partial charge in [-0.05, 0) is 18.1 Å². The number of allylic oxidation sites excluding steroid dienone is 2. The Kier molecular flexibility index (Phi) is 2.28. The van der Waals surface area contributed by atoms with E-state index in [1.807, 2.05) is 0 Å². The molecule has 0 aromatic carbocycles. The van der Waals surface area contributed by atoms with Gasteiger partial charge in [-0.3, -0.25) is 4.79 Å². The molecule has 2 aliphatic rings. The second-order valence-corrected chi connectivity index (χ2v) is 3.72. The molecule has 0 saturated heterocycles. The van der Waals surface area contributed by atoms with Gasteiger partial charge in [0.1, 0.15) is 0 Å². The van der Waals surface area contributed by atoms with Gasteiger partial charge in [0.25, 0.3) is 0 Å². The monoisotopic (exact) mass is 212 g/mol. The van der Waals surface area contributed by atoms with Crippen molar-refractivity contribution < 1.29 is 24.9 Å². The van der Waals surface area contributed by atoms with Crippen LogP contribution in [-0.2, 0) is 9.53 Å². The van der Waals surface area contributed by atoms with Crippen molar-refractivity contribution in [3.63, 3.8) is 0 Å². The van der Waals surface area contributed by atoms with Crippen molar-refractivity contribution in [1.82, 2.24) is 0 Å². The van der Waals surface area contributed by atoms with Crippen molar-refractivity contribution in [1.29, 1.82) is 0 Å². The predicted molar refractivity (Wildman–Crippen MR) is 49.6 cm³/mol. The normalized spacial score (nSPS) is 38.1. The molecule has 82 valence electrons. The lowest BCUT2D eigenvalue weighted by Crippen LogP contribution is -2.50. The van der Waals surface area contributed by atoms with E-state index >= 15 is 0 Å². The molecule has 5 heteroatoms. The minimum atomic E-state index is -1.51. The zero-order valence-corrected chi connectivity index (χ0v) is 7.96. The molecule has 0 fully saturated rings. The average Bonchev–Trinajstić information content (AvgIpc) is 2.58. The Labute approximate surface area is 86.3 Å². The van der Waals surface area contributed by atoms with Crippen LogP contribution in [0.25, 0.3) is 0 Å². The highest BCUT2D eigenvalue weighted by molar-refractivity contribution is 5.81. The number of ether oxygens (including phenoxy) is 1. The van der Waals surface area contributed by atoms with Gasteiger partial charge in [-0.25, -0.2) is 0 Å². The Morgan fingerprint density at radius 2 is 2.40 bits per heavy atom. The SMILES string of the molecule is O=C(O)[C@]12C(CO)=CC[C@H]1C=COC2O. The van der Waals surface area contributed by atoms with Crippen LogP contribution >= 0.6 is 0 Å². The van der Waals surface area contributed by atoms with Gasteiger partial charge >= 0.3 is 5.97 Å². The van der Waals surface area contributed by atoms with Gasteiger partial charge in [-0.1, -0.05) is 6.08 Å². The maximum absolute atomic E-state index is 11.3. The second kappa shape index (κ2) is 3.36. The number of hydrogen-bond acceptors (Lipinski definition) is 4. The second-order valence-electron chi connectivity index (χ2n) is 3.72. The van der Waals surface area contributed by atoms with E-state index in [0.29, 0.717) is 12.0 Å². The molecule has 0 bridgehead atoms. The number of fused-ring (bicyclic) bond motifs is 1. The third-order valence-corrected chi connectivity index (χ3v) is 3.17. The molecule has 1 aliphatic carbocycles. The molecule has 2 rings (SSSR count). The molecule has 0 aromatic heterocycles. The number of aliphatic carboxylic acids is 1. The summed E-state index contributed by atoms with van der Waals surface area (Å²) in [5.74, 6) is -1.51. The van der Waals surface area contributed by atoms with Gasteiger partial charge in [-0.15, -0.1) is 0 Å². The number of carboxylic acids is 1. The topological polar surface area (TPSA) is 87.0 Å². The van der Waals surface area contributed by atoms with E-state index in [-0.39, 0.29) is 12.5 Å². The summed E-state index contributed by atoms with van der Waals surface area (Å²) in [4.78, 5) is 11.3. The van der Waals surface area contributed by atoms with E-state index in [1.165, 1.54) is 6.26 Å². The summed E-state index contributed by atoms with van der Waals surface area (Å²) in [6.07, 6.45) is 3.64. The van der Waals surface area contributed by atoms with Crippen LogP contribution in [0, 0.1) is 11.3 Å². The third kappa shape index (κ3) is 1.13. The highest BCUT2D eigenvalue weighted by atomic mass is 16.6. The molecular formula is C10H12O5. The number of carboxylic acid groups (broad SMARTS) is 1.